The first-order valence-electron chi connectivity index (χ1n) is 7.66. The summed E-state index contributed by atoms with van der Waals surface area (Å²) in [7, 11) is 0. The third-order valence-corrected chi connectivity index (χ3v) is 3.97. The van der Waals surface area contributed by atoms with Gasteiger partial charge in [0.2, 0.25) is 5.91 Å². The molecule has 1 fully saturated rings. The molecule has 1 atom stereocenters. The van der Waals surface area contributed by atoms with E-state index in [2.05, 4.69) is 6.07 Å². The number of aliphatic hydroxyl groups excluding tert-OH is 1. The number of piperazine rings is 1. The molecule has 1 heterocycles. The van der Waals surface area contributed by atoms with E-state index in [9.17, 15) is 14.7 Å². The summed E-state index contributed by atoms with van der Waals surface area (Å²) in [6, 6.07) is 9.15. The Balaban J connectivity index is 1.95. The molecule has 0 spiro atoms. The number of rotatable bonds is 4. The summed E-state index contributed by atoms with van der Waals surface area (Å²) in [4.78, 5) is 27.4. The maximum Gasteiger partial charge on any atom is 0.252 e. The zero-order valence-corrected chi connectivity index (χ0v) is 13.4. The maximum absolute atomic E-state index is 12.2. The van der Waals surface area contributed by atoms with Crippen LogP contribution in [0.25, 0.3) is 0 Å². The smallest absolute Gasteiger partial charge is 0.252 e. The molecule has 1 aromatic rings. The van der Waals surface area contributed by atoms with Crippen molar-refractivity contribution < 1.29 is 14.7 Å². The van der Waals surface area contributed by atoms with E-state index in [1.807, 2.05) is 12.1 Å². The average Bonchev–Trinajstić information content (AvgIpc) is 2.55. The number of benzene rings is 1. The van der Waals surface area contributed by atoms with Crippen molar-refractivity contribution >= 4 is 11.8 Å². The van der Waals surface area contributed by atoms with Crippen molar-refractivity contribution in [3.63, 3.8) is 0 Å². The van der Waals surface area contributed by atoms with Gasteiger partial charge in [-0.15, -0.1) is 0 Å². The summed E-state index contributed by atoms with van der Waals surface area (Å²) < 4.78 is 0. The SMILES string of the molecule is CC(C)[C@@H](O)C(=O)N1CCN(Cc2ccc(C#N)cc2)C(=O)C1. The van der Waals surface area contributed by atoms with Crippen LogP contribution in [0.5, 0.6) is 0 Å². The number of nitriles is 1. The molecule has 0 unspecified atom stereocenters. The van der Waals surface area contributed by atoms with E-state index in [1.54, 1.807) is 30.9 Å². The van der Waals surface area contributed by atoms with Crippen LogP contribution in [0.1, 0.15) is 25.0 Å². The van der Waals surface area contributed by atoms with E-state index in [1.165, 1.54) is 4.90 Å². The lowest BCUT2D eigenvalue weighted by Gasteiger charge is -2.35. The highest BCUT2D eigenvalue weighted by molar-refractivity contribution is 5.88. The van der Waals surface area contributed by atoms with Crippen molar-refractivity contribution in [2.24, 2.45) is 5.92 Å². The Bertz CT molecular complexity index is 619. The highest BCUT2D eigenvalue weighted by atomic mass is 16.3. The number of nitrogens with zero attached hydrogens (tertiary/aromatic N) is 3. The van der Waals surface area contributed by atoms with Gasteiger partial charge in [0.15, 0.2) is 0 Å². The highest BCUT2D eigenvalue weighted by Gasteiger charge is 2.31. The fourth-order valence-electron chi connectivity index (χ4n) is 2.44. The number of carbonyl (C=O) groups is 2. The fraction of sp³-hybridized carbons (Fsp3) is 0.471. The first kappa shape index (κ1) is 17.0. The first-order chi connectivity index (χ1) is 10.9. The van der Waals surface area contributed by atoms with Crippen LogP contribution in [0.3, 0.4) is 0 Å². The molecule has 6 heteroatoms. The van der Waals surface area contributed by atoms with Crippen molar-refractivity contribution in [3.05, 3.63) is 35.4 Å². The van der Waals surface area contributed by atoms with Gasteiger partial charge in [0.05, 0.1) is 18.2 Å². The normalized spacial score (nSPS) is 16.4. The van der Waals surface area contributed by atoms with E-state index < -0.39 is 6.10 Å². The van der Waals surface area contributed by atoms with E-state index in [-0.39, 0.29) is 24.3 Å². The van der Waals surface area contributed by atoms with Gasteiger partial charge in [0, 0.05) is 19.6 Å². The van der Waals surface area contributed by atoms with E-state index in [0.29, 0.717) is 25.2 Å². The molecule has 2 amide bonds. The fourth-order valence-corrected chi connectivity index (χ4v) is 2.44. The molecule has 2 rings (SSSR count). The number of carbonyl (C=O) groups excluding carboxylic acids is 2. The summed E-state index contributed by atoms with van der Waals surface area (Å²) in [6.07, 6.45) is -1.06. The van der Waals surface area contributed by atoms with Crippen LogP contribution >= 0.6 is 0 Å². The number of hydrogen-bond donors (Lipinski definition) is 1. The standard InChI is InChI=1S/C17H21N3O3/c1-12(2)16(22)17(23)20-8-7-19(15(21)11-20)10-14-5-3-13(9-18)4-6-14/h3-6,12,16,22H,7-8,10-11H2,1-2H3/t16-/m1/s1. The van der Waals surface area contributed by atoms with Crippen molar-refractivity contribution in [1.82, 2.24) is 9.80 Å². The Labute approximate surface area is 135 Å². The molecule has 0 aliphatic carbocycles. The predicted octanol–water partition coefficient (Wildman–Crippen LogP) is 0.746. The first-order valence-corrected chi connectivity index (χ1v) is 7.66. The van der Waals surface area contributed by atoms with E-state index in [0.717, 1.165) is 5.56 Å². The number of aliphatic hydroxyl groups is 1. The molecule has 1 saturated heterocycles. The predicted molar refractivity (Wildman–Crippen MR) is 84.0 cm³/mol. The van der Waals surface area contributed by atoms with Gasteiger partial charge in [-0.1, -0.05) is 26.0 Å². The zero-order valence-electron chi connectivity index (χ0n) is 13.4. The molecule has 1 aliphatic rings. The molecule has 0 aromatic heterocycles. The Kier molecular flexibility index (Phi) is 5.35. The lowest BCUT2D eigenvalue weighted by molar-refractivity contribution is -0.152. The van der Waals surface area contributed by atoms with Crippen LogP contribution in [-0.4, -0.2) is 52.5 Å². The second kappa shape index (κ2) is 7.25. The Hall–Kier alpha value is -2.39. The van der Waals surface area contributed by atoms with Crippen molar-refractivity contribution in [2.45, 2.75) is 26.5 Å². The molecule has 0 saturated carbocycles. The van der Waals surface area contributed by atoms with Gasteiger partial charge in [-0.3, -0.25) is 9.59 Å². The quantitative estimate of drug-likeness (QED) is 0.888. The van der Waals surface area contributed by atoms with Crippen LogP contribution in [0, 0.1) is 17.2 Å². The lowest BCUT2D eigenvalue weighted by Crippen LogP contribution is -2.54. The van der Waals surface area contributed by atoms with Gasteiger partial charge in [0.1, 0.15) is 6.10 Å². The van der Waals surface area contributed by atoms with Crippen LogP contribution in [0.4, 0.5) is 0 Å². The molecule has 1 aromatic carbocycles. The number of amides is 2. The monoisotopic (exact) mass is 315 g/mol. The minimum Gasteiger partial charge on any atom is -0.383 e. The Morgan fingerprint density at radius 2 is 1.96 bits per heavy atom. The van der Waals surface area contributed by atoms with Gasteiger partial charge < -0.3 is 14.9 Å². The molecule has 0 radical (unpaired) electrons. The van der Waals surface area contributed by atoms with Gasteiger partial charge in [0.25, 0.3) is 5.91 Å². The molecule has 1 aliphatic heterocycles. The van der Waals surface area contributed by atoms with Gasteiger partial charge >= 0.3 is 0 Å². The minimum absolute atomic E-state index is 0.00110. The van der Waals surface area contributed by atoms with Gasteiger partial charge in [-0.05, 0) is 23.6 Å². The van der Waals surface area contributed by atoms with Gasteiger partial charge in [-0.2, -0.15) is 5.26 Å². The Morgan fingerprint density at radius 3 is 2.48 bits per heavy atom. The summed E-state index contributed by atoms with van der Waals surface area (Å²) in [5, 5.41) is 18.6. The Morgan fingerprint density at radius 1 is 1.30 bits per heavy atom. The molecule has 0 bridgehead atoms. The van der Waals surface area contributed by atoms with Crippen LogP contribution < -0.4 is 0 Å². The molecule has 122 valence electrons. The largest absolute Gasteiger partial charge is 0.383 e. The highest BCUT2D eigenvalue weighted by Crippen LogP contribution is 2.13. The second-order valence-electron chi connectivity index (χ2n) is 6.07. The van der Waals surface area contributed by atoms with Crippen LogP contribution in [0.2, 0.25) is 0 Å². The van der Waals surface area contributed by atoms with Gasteiger partial charge in [-0.25, -0.2) is 0 Å². The third-order valence-electron chi connectivity index (χ3n) is 3.97. The topological polar surface area (TPSA) is 84.6 Å². The average molecular weight is 315 g/mol. The third kappa shape index (κ3) is 4.08. The lowest BCUT2D eigenvalue weighted by atomic mass is 10.1. The summed E-state index contributed by atoms with van der Waals surface area (Å²) >= 11 is 0. The van der Waals surface area contributed by atoms with Crippen molar-refractivity contribution in [3.8, 4) is 6.07 Å². The van der Waals surface area contributed by atoms with Crippen LogP contribution in [-0.2, 0) is 16.1 Å². The summed E-state index contributed by atoms with van der Waals surface area (Å²) in [6.45, 7) is 4.86. The molecule has 6 nitrogen and oxygen atoms in total. The summed E-state index contributed by atoms with van der Waals surface area (Å²) in [5.74, 6) is -0.689. The molecular weight excluding hydrogens is 294 g/mol. The maximum atomic E-state index is 12.2. The van der Waals surface area contributed by atoms with Crippen molar-refractivity contribution in [1.29, 1.82) is 5.26 Å². The van der Waals surface area contributed by atoms with Crippen molar-refractivity contribution in [2.75, 3.05) is 19.6 Å². The minimum atomic E-state index is -1.06. The second-order valence-corrected chi connectivity index (χ2v) is 6.07. The summed E-state index contributed by atoms with van der Waals surface area (Å²) in [5.41, 5.74) is 1.53. The van der Waals surface area contributed by atoms with Crippen LogP contribution in [0.15, 0.2) is 24.3 Å². The molecule has 1 N–H and O–H groups in total. The van der Waals surface area contributed by atoms with E-state index >= 15 is 0 Å². The number of hydrogen-bond acceptors (Lipinski definition) is 4. The van der Waals surface area contributed by atoms with E-state index in [4.69, 9.17) is 5.26 Å². The zero-order chi connectivity index (χ0) is 17.0. The molecular formula is C17H21N3O3. The molecule has 23 heavy (non-hydrogen) atoms.